The fraction of sp³-hybridized carbons (Fsp3) is 0.200. The Morgan fingerprint density at radius 1 is 1.43 bits per heavy atom. The number of benzene rings is 1. The molecular formula is C20H15F2N5O3. The average Bonchev–Trinajstić information content (AvgIpc) is 3.39. The highest BCUT2D eigenvalue weighted by Gasteiger charge is 2.18. The third kappa shape index (κ3) is 3.97. The smallest absolute Gasteiger partial charge is 0.345 e. The lowest BCUT2D eigenvalue weighted by atomic mass is 10.1. The third-order valence-corrected chi connectivity index (χ3v) is 4.48. The Balaban J connectivity index is 1.54. The highest BCUT2D eigenvalue weighted by atomic mass is 19.1. The van der Waals surface area contributed by atoms with E-state index in [-0.39, 0.29) is 22.9 Å². The number of anilines is 1. The van der Waals surface area contributed by atoms with Gasteiger partial charge in [0.15, 0.2) is 17.4 Å². The summed E-state index contributed by atoms with van der Waals surface area (Å²) in [6.07, 6.45) is 5.04. The second-order valence-electron chi connectivity index (χ2n) is 6.55. The van der Waals surface area contributed by atoms with Crippen LogP contribution < -0.4 is 10.1 Å². The predicted molar refractivity (Wildman–Crippen MR) is 104 cm³/mol. The molecule has 3 heterocycles. The van der Waals surface area contributed by atoms with Gasteiger partial charge in [-0.15, -0.1) is 0 Å². The normalized spacial score (nSPS) is 16.1. The molecule has 0 radical (unpaired) electrons. The number of carbonyl (C=O) groups is 1. The lowest BCUT2D eigenvalue weighted by molar-refractivity contribution is 0.193. The van der Waals surface area contributed by atoms with Crippen LogP contribution in [-0.4, -0.2) is 35.4 Å². The minimum atomic E-state index is -1.03. The zero-order valence-corrected chi connectivity index (χ0v) is 15.5. The first-order valence-corrected chi connectivity index (χ1v) is 9.01. The maximum Gasteiger partial charge on any atom is 0.345 e. The molecule has 0 saturated carbocycles. The summed E-state index contributed by atoms with van der Waals surface area (Å²) in [5.74, 6) is -2.62. The fourth-order valence-electron chi connectivity index (χ4n) is 3.04. The monoisotopic (exact) mass is 411 g/mol. The van der Waals surface area contributed by atoms with E-state index >= 15 is 0 Å². The first-order valence-electron chi connectivity index (χ1n) is 9.01. The quantitative estimate of drug-likeness (QED) is 0.627. The summed E-state index contributed by atoms with van der Waals surface area (Å²) >= 11 is 0. The van der Waals surface area contributed by atoms with Crippen molar-refractivity contribution in [2.24, 2.45) is 10.9 Å². The molecule has 0 spiro atoms. The molecule has 30 heavy (non-hydrogen) atoms. The van der Waals surface area contributed by atoms with E-state index in [4.69, 9.17) is 9.47 Å². The van der Waals surface area contributed by atoms with E-state index in [1.807, 2.05) is 6.07 Å². The molecule has 1 unspecified atom stereocenters. The maximum atomic E-state index is 14.5. The van der Waals surface area contributed by atoms with E-state index < -0.39 is 23.4 Å². The van der Waals surface area contributed by atoms with Gasteiger partial charge in [-0.1, -0.05) is 0 Å². The van der Waals surface area contributed by atoms with Crippen LogP contribution in [0.4, 0.5) is 19.3 Å². The molecule has 0 aliphatic carbocycles. The summed E-state index contributed by atoms with van der Waals surface area (Å²) in [5, 5.41) is 11.8. The number of amides is 2. The lowest BCUT2D eigenvalue weighted by Gasteiger charge is -2.11. The lowest BCUT2D eigenvalue weighted by Crippen LogP contribution is -2.10. The van der Waals surface area contributed by atoms with Gasteiger partial charge in [0.2, 0.25) is 0 Å². The van der Waals surface area contributed by atoms with Gasteiger partial charge in [-0.3, -0.25) is 0 Å². The topological polar surface area (TPSA) is 112 Å². The number of nitriles is 1. The molecule has 2 N–H and O–H groups in total. The summed E-state index contributed by atoms with van der Waals surface area (Å²) in [5.41, 5.74) is 0.462. The van der Waals surface area contributed by atoms with Crippen LogP contribution in [0.25, 0.3) is 11.0 Å². The molecule has 0 bridgehead atoms. The molecule has 10 heteroatoms. The summed E-state index contributed by atoms with van der Waals surface area (Å²) in [7, 11) is 0. The number of aromatic nitrogens is 2. The van der Waals surface area contributed by atoms with Crippen LogP contribution in [0.1, 0.15) is 12.0 Å². The van der Waals surface area contributed by atoms with Crippen LogP contribution in [0.3, 0.4) is 0 Å². The number of hydrogen-bond acceptors (Lipinski definition) is 5. The number of H-pyrrole nitrogens is 1. The van der Waals surface area contributed by atoms with E-state index in [2.05, 4.69) is 20.3 Å². The first kappa shape index (κ1) is 19.5. The largest absolute Gasteiger partial charge is 0.450 e. The number of halogens is 2. The summed E-state index contributed by atoms with van der Waals surface area (Å²) in [6.45, 7) is 1.10. The van der Waals surface area contributed by atoms with Crippen molar-refractivity contribution in [2.75, 3.05) is 18.5 Å². The van der Waals surface area contributed by atoms with Crippen LogP contribution >= 0.6 is 0 Å². The van der Waals surface area contributed by atoms with Crippen molar-refractivity contribution in [3.63, 3.8) is 0 Å². The predicted octanol–water partition coefficient (Wildman–Crippen LogP) is 4.14. The van der Waals surface area contributed by atoms with E-state index in [0.29, 0.717) is 24.2 Å². The molecule has 152 valence electrons. The SMILES string of the molecule is N#Cc1c[nH]c2nccc(Oc3c(F)cc(NC(=O)N=CC4CCOC4)cc3F)c12. The van der Waals surface area contributed by atoms with Gasteiger partial charge in [0.05, 0.1) is 17.6 Å². The standard InChI is InChI=1S/C20H15F2N5O3/c21-14-5-13(27-20(28)26-8-11-2-4-29-10-11)6-15(22)18(14)30-16-1-3-24-19-17(16)12(7-23)9-25-19/h1,3,5-6,8-9,11H,2,4,10H2,(H,24,25)(H,27,28). The molecule has 1 atom stereocenters. The minimum absolute atomic E-state index is 0.0453. The van der Waals surface area contributed by atoms with E-state index in [9.17, 15) is 18.8 Å². The Bertz CT molecular complexity index is 1160. The molecule has 3 aromatic rings. The number of carbonyl (C=O) groups excluding carboxylic acids is 1. The zero-order valence-electron chi connectivity index (χ0n) is 15.5. The average molecular weight is 411 g/mol. The van der Waals surface area contributed by atoms with Crippen molar-refractivity contribution in [1.82, 2.24) is 9.97 Å². The zero-order chi connectivity index (χ0) is 21.1. The van der Waals surface area contributed by atoms with E-state index in [0.717, 1.165) is 18.6 Å². The van der Waals surface area contributed by atoms with Gasteiger partial charge < -0.3 is 19.8 Å². The number of aliphatic imine (C=N–C) groups is 1. The molecule has 1 fully saturated rings. The molecular weight excluding hydrogens is 396 g/mol. The molecule has 2 amide bonds. The van der Waals surface area contributed by atoms with Gasteiger partial charge in [-0.05, 0) is 12.5 Å². The molecule has 1 saturated heterocycles. The first-order chi connectivity index (χ1) is 14.5. The number of urea groups is 1. The second-order valence-corrected chi connectivity index (χ2v) is 6.55. The van der Waals surface area contributed by atoms with Crippen LogP contribution in [0.15, 0.2) is 35.6 Å². The van der Waals surface area contributed by atoms with Gasteiger partial charge in [0.1, 0.15) is 17.5 Å². The van der Waals surface area contributed by atoms with E-state index in [1.54, 1.807) is 0 Å². The van der Waals surface area contributed by atoms with Crippen molar-refractivity contribution < 1.29 is 23.0 Å². The van der Waals surface area contributed by atoms with E-state index in [1.165, 1.54) is 24.7 Å². The van der Waals surface area contributed by atoms with Gasteiger partial charge in [0.25, 0.3) is 0 Å². The summed E-state index contributed by atoms with van der Waals surface area (Å²) in [4.78, 5) is 22.4. The number of nitrogens with zero attached hydrogens (tertiary/aromatic N) is 3. The highest BCUT2D eigenvalue weighted by Crippen LogP contribution is 2.34. The van der Waals surface area contributed by atoms with Gasteiger partial charge in [-0.2, -0.15) is 5.26 Å². The van der Waals surface area contributed by atoms with Crippen molar-refractivity contribution >= 4 is 29.0 Å². The van der Waals surface area contributed by atoms with Gasteiger partial charge >= 0.3 is 6.03 Å². The Hall–Kier alpha value is -3.84. The van der Waals surface area contributed by atoms with Crippen molar-refractivity contribution in [3.05, 3.63) is 47.8 Å². The van der Waals surface area contributed by atoms with Crippen LogP contribution in [0, 0.1) is 28.9 Å². The number of pyridine rings is 1. The number of hydrogen-bond donors (Lipinski definition) is 2. The Labute approximate surface area is 169 Å². The van der Waals surface area contributed by atoms with Gasteiger partial charge in [0, 0.05) is 49.0 Å². The molecule has 1 aliphatic rings. The highest BCUT2D eigenvalue weighted by molar-refractivity contribution is 5.95. The Morgan fingerprint density at radius 3 is 2.93 bits per heavy atom. The summed E-state index contributed by atoms with van der Waals surface area (Å²) < 4.78 is 39.6. The number of fused-ring (bicyclic) bond motifs is 1. The Morgan fingerprint density at radius 2 is 2.23 bits per heavy atom. The summed E-state index contributed by atoms with van der Waals surface area (Å²) in [6, 6.07) is 4.45. The van der Waals surface area contributed by atoms with Crippen LogP contribution in [-0.2, 0) is 4.74 Å². The number of aromatic amines is 1. The van der Waals surface area contributed by atoms with Crippen molar-refractivity contribution in [1.29, 1.82) is 5.26 Å². The van der Waals surface area contributed by atoms with Crippen LogP contribution in [0.5, 0.6) is 11.5 Å². The van der Waals surface area contributed by atoms with Crippen LogP contribution in [0.2, 0.25) is 0 Å². The Kier molecular flexibility index (Phi) is 5.36. The number of rotatable bonds is 4. The van der Waals surface area contributed by atoms with Crippen molar-refractivity contribution in [3.8, 4) is 17.6 Å². The van der Waals surface area contributed by atoms with Gasteiger partial charge in [-0.25, -0.2) is 23.6 Å². The molecule has 8 nitrogen and oxygen atoms in total. The molecule has 2 aromatic heterocycles. The molecule has 1 aliphatic heterocycles. The second kappa shape index (κ2) is 8.26. The maximum absolute atomic E-state index is 14.5. The number of nitrogens with one attached hydrogen (secondary N) is 2. The molecule has 1 aromatic carbocycles. The van der Waals surface area contributed by atoms with Crippen molar-refractivity contribution in [2.45, 2.75) is 6.42 Å². The number of ether oxygens (including phenoxy) is 2. The third-order valence-electron chi connectivity index (χ3n) is 4.48. The molecule has 4 rings (SSSR count). The minimum Gasteiger partial charge on any atom is -0.450 e. The fourth-order valence-corrected chi connectivity index (χ4v) is 3.04.